The fourth-order valence-electron chi connectivity index (χ4n) is 6.41. The molecule has 27 heavy (non-hydrogen) atoms. The molecule has 0 spiro atoms. The van der Waals surface area contributed by atoms with Crippen molar-refractivity contribution >= 4 is 35.7 Å². The molecule has 3 nitrogen and oxygen atoms in total. The number of aromatic nitrogens is 1. The molecule has 0 amide bonds. The van der Waals surface area contributed by atoms with E-state index in [0.29, 0.717) is 17.5 Å². The third kappa shape index (κ3) is 2.93. The maximum Gasteiger partial charge on any atom is 0.0561 e. The van der Waals surface area contributed by atoms with Crippen LogP contribution in [0.2, 0.25) is 0 Å². The molecule has 0 aliphatic carbocycles. The molecule has 2 aromatic rings. The lowest BCUT2D eigenvalue weighted by Gasteiger charge is -2.57. The smallest absolute Gasteiger partial charge is 0.0561 e. The fraction of sp³-hybridized carbons (Fsp3) is 0.636. The van der Waals surface area contributed by atoms with E-state index in [-0.39, 0.29) is 24.8 Å². The lowest BCUT2D eigenvalue weighted by molar-refractivity contribution is -0.0381. The highest BCUT2D eigenvalue weighted by Gasteiger charge is 2.52. The molecule has 5 rings (SSSR count). The van der Waals surface area contributed by atoms with Crippen molar-refractivity contribution in [1.29, 1.82) is 0 Å². The number of benzene rings is 1. The summed E-state index contributed by atoms with van der Waals surface area (Å²) in [7, 11) is 4.46. The summed E-state index contributed by atoms with van der Waals surface area (Å²) in [5, 5.41) is 1.53. The van der Waals surface area contributed by atoms with Crippen LogP contribution < -0.4 is 0 Å². The van der Waals surface area contributed by atoms with Crippen LogP contribution in [-0.4, -0.2) is 48.1 Å². The van der Waals surface area contributed by atoms with E-state index in [4.69, 9.17) is 0 Å². The Bertz CT molecular complexity index is 815. The first-order valence-electron chi connectivity index (χ1n) is 10.1. The van der Waals surface area contributed by atoms with Gasteiger partial charge in [-0.15, -0.1) is 24.8 Å². The van der Waals surface area contributed by atoms with Gasteiger partial charge in [0.2, 0.25) is 0 Å². The van der Waals surface area contributed by atoms with Crippen LogP contribution in [0.25, 0.3) is 10.9 Å². The minimum Gasteiger partial charge on any atom is -0.338 e. The van der Waals surface area contributed by atoms with Crippen molar-refractivity contribution in [1.82, 2.24) is 14.4 Å². The summed E-state index contributed by atoms with van der Waals surface area (Å²) >= 11 is 0. The third-order valence-corrected chi connectivity index (χ3v) is 7.32. The van der Waals surface area contributed by atoms with Gasteiger partial charge in [-0.1, -0.05) is 25.1 Å². The van der Waals surface area contributed by atoms with Crippen molar-refractivity contribution in [3.8, 4) is 0 Å². The average molecular weight is 410 g/mol. The second kappa shape index (κ2) is 7.59. The van der Waals surface area contributed by atoms with Gasteiger partial charge >= 0.3 is 0 Å². The van der Waals surface area contributed by atoms with Crippen LogP contribution in [0.15, 0.2) is 24.3 Å². The summed E-state index contributed by atoms with van der Waals surface area (Å²) in [4.78, 5) is 5.22. The first kappa shape index (κ1) is 21.0. The molecule has 1 aromatic carbocycles. The van der Waals surface area contributed by atoms with Crippen molar-refractivity contribution in [3.63, 3.8) is 0 Å². The van der Waals surface area contributed by atoms with E-state index in [1.165, 1.54) is 56.1 Å². The van der Waals surface area contributed by atoms with Gasteiger partial charge in [0.1, 0.15) is 0 Å². The number of likely N-dealkylation sites (N-methyl/N-ethyl adjacent to an activating group) is 1. The second-order valence-corrected chi connectivity index (χ2v) is 8.88. The molecule has 3 atom stereocenters. The highest BCUT2D eigenvalue weighted by Crippen LogP contribution is 2.59. The summed E-state index contributed by atoms with van der Waals surface area (Å²) in [6.07, 6.45) is 6.69. The molecule has 5 heteroatoms. The zero-order chi connectivity index (χ0) is 17.2. The van der Waals surface area contributed by atoms with E-state index in [1.54, 1.807) is 11.3 Å². The van der Waals surface area contributed by atoms with E-state index < -0.39 is 0 Å². The first-order valence-corrected chi connectivity index (χ1v) is 10.1. The average Bonchev–Trinajstić information content (AvgIpc) is 2.96. The third-order valence-electron chi connectivity index (χ3n) is 7.32. The lowest BCUT2D eigenvalue weighted by Crippen LogP contribution is -2.53. The summed E-state index contributed by atoms with van der Waals surface area (Å²) in [6, 6.07) is 10.5. The van der Waals surface area contributed by atoms with Crippen molar-refractivity contribution in [2.75, 3.05) is 33.7 Å². The molecule has 150 valence electrons. The van der Waals surface area contributed by atoms with Crippen LogP contribution in [-0.2, 0) is 6.42 Å². The van der Waals surface area contributed by atoms with Crippen LogP contribution in [0.3, 0.4) is 0 Å². The van der Waals surface area contributed by atoms with E-state index in [2.05, 4.69) is 59.7 Å². The highest BCUT2D eigenvalue weighted by molar-refractivity contribution is 5.86. The number of fused-ring (bicyclic) bond motifs is 3. The molecular formula is C22H33Cl2N3. The van der Waals surface area contributed by atoms with E-state index in [9.17, 15) is 0 Å². The van der Waals surface area contributed by atoms with Crippen LogP contribution in [0.4, 0.5) is 0 Å². The number of hydrogen-bond donors (Lipinski definition) is 0. The topological polar surface area (TPSA) is 11.4 Å². The Morgan fingerprint density at radius 3 is 2.67 bits per heavy atom. The minimum atomic E-state index is 0. The predicted molar refractivity (Wildman–Crippen MR) is 119 cm³/mol. The van der Waals surface area contributed by atoms with Gasteiger partial charge in [0, 0.05) is 35.7 Å². The van der Waals surface area contributed by atoms with Gasteiger partial charge in [-0.05, 0) is 69.8 Å². The Balaban J connectivity index is 0.00000105. The molecule has 3 aliphatic heterocycles. The number of para-hydroxylation sites is 1. The molecule has 1 saturated heterocycles. The Morgan fingerprint density at radius 2 is 1.93 bits per heavy atom. The largest absolute Gasteiger partial charge is 0.338 e. The molecule has 3 aliphatic rings. The molecular weight excluding hydrogens is 377 g/mol. The van der Waals surface area contributed by atoms with Gasteiger partial charge < -0.3 is 9.47 Å². The van der Waals surface area contributed by atoms with Crippen molar-refractivity contribution in [2.45, 2.75) is 51.1 Å². The maximum absolute atomic E-state index is 2.83. The van der Waals surface area contributed by atoms with E-state index >= 15 is 0 Å². The predicted octanol–water partition coefficient (Wildman–Crippen LogP) is 5.08. The Kier molecular flexibility index (Phi) is 5.90. The molecule has 0 radical (unpaired) electrons. The zero-order valence-corrected chi connectivity index (χ0v) is 18.4. The Labute approximate surface area is 175 Å². The van der Waals surface area contributed by atoms with Gasteiger partial charge in [0.15, 0.2) is 0 Å². The summed E-state index contributed by atoms with van der Waals surface area (Å²) in [5.74, 6) is 0. The van der Waals surface area contributed by atoms with Crippen LogP contribution in [0.1, 0.15) is 55.9 Å². The molecule has 1 aromatic heterocycles. The molecule has 1 fully saturated rings. The summed E-state index contributed by atoms with van der Waals surface area (Å²) < 4.78 is 2.76. The van der Waals surface area contributed by atoms with Crippen LogP contribution in [0.5, 0.6) is 0 Å². The van der Waals surface area contributed by atoms with Gasteiger partial charge in [0.25, 0.3) is 0 Å². The second-order valence-electron chi connectivity index (χ2n) is 8.88. The molecule has 0 bridgehead atoms. The number of nitrogens with zero attached hydrogens (tertiary/aromatic N) is 3. The number of rotatable bonds is 3. The molecule has 4 heterocycles. The van der Waals surface area contributed by atoms with Crippen LogP contribution in [0, 0.1) is 5.41 Å². The fourth-order valence-corrected chi connectivity index (χ4v) is 6.41. The Morgan fingerprint density at radius 1 is 1.15 bits per heavy atom. The number of hydrogen-bond acceptors (Lipinski definition) is 2. The molecule has 0 saturated carbocycles. The molecule has 1 unspecified atom stereocenters. The van der Waals surface area contributed by atoms with Gasteiger partial charge in [-0.25, -0.2) is 0 Å². The van der Waals surface area contributed by atoms with Crippen LogP contribution >= 0.6 is 24.8 Å². The van der Waals surface area contributed by atoms with Crippen molar-refractivity contribution in [3.05, 3.63) is 35.5 Å². The summed E-state index contributed by atoms with van der Waals surface area (Å²) in [5.41, 5.74) is 5.32. The van der Waals surface area contributed by atoms with Gasteiger partial charge in [-0.2, -0.15) is 0 Å². The quantitative estimate of drug-likeness (QED) is 0.699. The highest BCUT2D eigenvalue weighted by atomic mass is 35.5. The minimum absolute atomic E-state index is 0. The van der Waals surface area contributed by atoms with E-state index in [1.807, 2.05) is 0 Å². The Hall–Kier alpha value is -0.740. The SMILES string of the molecule is CC[C@]12CCCN3CCc4c(n(c5ccccc45)C(CN(C)C)C1)[C@@H]32.Cl.Cl. The van der Waals surface area contributed by atoms with Gasteiger partial charge in [-0.3, -0.25) is 4.90 Å². The number of halogens is 2. The standard InChI is InChI=1S/C22H31N3.2ClH/c1-4-22-11-7-12-24-13-10-18-17-8-5-6-9-19(17)25(20(18)21(22)24)16(14-22)15-23(2)3;;/h5-6,8-9,16,21H,4,7,10-15H2,1-3H3;2*1H/t16?,21-,22+;;/m1../s1. The molecule has 0 N–H and O–H groups in total. The maximum atomic E-state index is 2.83. The van der Waals surface area contributed by atoms with E-state index in [0.717, 1.165) is 6.54 Å². The van der Waals surface area contributed by atoms with Crippen molar-refractivity contribution in [2.24, 2.45) is 5.41 Å². The van der Waals surface area contributed by atoms with Gasteiger partial charge in [0.05, 0.1) is 6.04 Å². The summed E-state index contributed by atoms with van der Waals surface area (Å²) in [6.45, 7) is 6.15. The van der Waals surface area contributed by atoms with Crippen molar-refractivity contribution < 1.29 is 0 Å². The first-order chi connectivity index (χ1) is 12.1. The normalized spacial score (nSPS) is 29.2. The monoisotopic (exact) mass is 409 g/mol. The zero-order valence-electron chi connectivity index (χ0n) is 16.8. The lowest BCUT2D eigenvalue weighted by atomic mass is 9.63. The number of piperidine rings is 1.